The molecule has 2 N–H and O–H groups in total. The summed E-state index contributed by atoms with van der Waals surface area (Å²) >= 11 is 0. The quantitative estimate of drug-likeness (QED) is 0.200. The van der Waals surface area contributed by atoms with Gasteiger partial charge >= 0.3 is 0 Å². The number of hydrogen-bond donors (Lipinski definition) is 2. The number of fused-ring (bicyclic) bond motifs is 9. The summed E-state index contributed by atoms with van der Waals surface area (Å²) in [4.78, 5) is 20.2. The fourth-order valence-electron chi connectivity index (χ4n) is 3.96. The second-order valence-corrected chi connectivity index (χ2v) is 8.10. The van der Waals surface area contributed by atoms with Gasteiger partial charge in [-0.05, 0) is 85.0 Å². The number of pyridine rings is 1. The largest absolute Gasteiger partial charge is 0.355 e. The molecule has 6 heterocycles. The molecule has 5 aromatic rings. The van der Waals surface area contributed by atoms with Crippen LogP contribution in [0.2, 0.25) is 0 Å². The maximum Gasteiger partial charge on any atom is 0.0701 e. The van der Waals surface area contributed by atoms with Crippen LogP contribution in [0, 0.1) is 39.9 Å². The number of benzene rings is 1. The molecule has 0 saturated carbocycles. The van der Waals surface area contributed by atoms with Crippen molar-refractivity contribution in [3.8, 4) is 0 Å². The predicted molar refractivity (Wildman–Crippen MR) is 141 cm³/mol. The minimum atomic E-state index is 0. The Morgan fingerprint density at radius 1 is 0.486 bits per heavy atom. The maximum absolute atomic E-state index is 4.63. The van der Waals surface area contributed by atoms with Crippen LogP contribution in [0.1, 0.15) is 22.8 Å². The molecular formula is C29H21GdN5. The first kappa shape index (κ1) is 23.3. The third kappa shape index (κ3) is 5.62. The Kier molecular flexibility index (Phi) is 6.95. The van der Waals surface area contributed by atoms with Gasteiger partial charge in [0.15, 0.2) is 0 Å². The molecule has 4 aromatic heterocycles. The third-order valence-corrected chi connectivity index (χ3v) is 5.55. The van der Waals surface area contributed by atoms with Crippen molar-refractivity contribution < 1.29 is 39.9 Å². The average molecular weight is 597 g/mol. The van der Waals surface area contributed by atoms with Gasteiger partial charge in [0, 0.05) is 73.6 Å². The second kappa shape index (κ2) is 10.4. The fraction of sp³-hybridized carbons (Fsp3) is 0. The monoisotopic (exact) mass is 597 g/mol. The summed E-state index contributed by atoms with van der Waals surface area (Å²) in [6, 6.07) is 28.4. The summed E-state index contributed by atoms with van der Waals surface area (Å²) in [6.45, 7) is 0. The van der Waals surface area contributed by atoms with Crippen LogP contribution in [0.4, 0.5) is 0 Å². The molecule has 0 fully saturated rings. The molecule has 2 aliphatic rings. The molecule has 0 spiro atoms. The molecule has 0 unspecified atom stereocenters. The van der Waals surface area contributed by atoms with E-state index in [9.17, 15) is 0 Å². The van der Waals surface area contributed by atoms with Gasteiger partial charge in [-0.1, -0.05) is 24.3 Å². The van der Waals surface area contributed by atoms with Crippen molar-refractivity contribution in [3.05, 3.63) is 114 Å². The maximum atomic E-state index is 4.63. The van der Waals surface area contributed by atoms with Gasteiger partial charge in [-0.3, -0.25) is 4.98 Å². The summed E-state index contributed by atoms with van der Waals surface area (Å²) in [7, 11) is 0. The molecular weight excluding hydrogens is 576 g/mol. The van der Waals surface area contributed by atoms with E-state index < -0.39 is 0 Å². The number of hydrogen-bond acceptors (Lipinski definition) is 3. The molecule has 2 aliphatic heterocycles. The van der Waals surface area contributed by atoms with Crippen LogP contribution >= 0.6 is 0 Å². The molecule has 0 saturated heterocycles. The van der Waals surface area contributed by atoms with Crippen LogP contribution in [-0.4, -0.2) is 24.9 Å². The molecule has 170 valence electrons. The Labute approximate surface area is 234 Å². The first-order chi connectivity index (χ1) is 16.8. The van der Waals surface area contributed by atoms with Crippen molar-refractivity contribution in [2.45, 2.75) is 0 Å². The van der Waals surface area contributed by atoms with Crippen LogP contribution in [0.3, 0.4) is 0 Å². The third-order valence-electron chi connectivity index (χ3n) is 5.55. The van der Waals surface area contributed by atoms with Crippen LogP contribution in [0.5, 0.6) is 0 Å². The van der Waals surface area contributed by atoms with Gasteiger partial charge < -0.3 is 9.97 Å². The summed E-state index contributed by atoms with van der Waals surface area (Å²) in [5.41, 5.74) is 8.92. The molecule has 1 aromatic carbocycles. The molecule has 35 heavy (non-hydrogen) atoms. The first-order valence-electron chi connectivity index (χ1n) is 11.1. The standard InChI is InChI=1S/C20H14N4.C9H7N.Gd/c1-2-14-10-16-5-6-18(23-16)12-20-8-7-19(24-20)11-17-4-3-15(22-17)9-13(1)21-14;1-2-6-9-8(4-1)5-3-7-10-9;/h1-12,21,24H;1-7H;. The Bertz CT molecular complexity index is 1490. The van der Waals surface area contributed by atoms with Crippen LogP contribution in [0.25, 0.3) is 57.3 Å². The Morgan fingerprint density at radius 2 is 0.914 bits per heavy atom. The molecule has 7 rings (SSSR count). The van der Waals surface area contributed by atoms with Crippen molar-refractivity contribution in [2.75, 3.05) is 0 Å². The van der Waals surface area contributed by atoms with E-state index in [2.05, 4.69) is 61.3 Å². The van der Waals surface area contributed by atoms with E-state index in [4.69, 9.17) is 0 Å². The minimum absolute atomic E-state index is 0. The number of nitrogens with one attached hydrogen (secondary N) is 2. The fourth-order valence-corrected chi connectivity index (χ4v) is 3.96. The number of rotatable bonds is 0. The van der Waals surface area contributed by atoms with Crippen molar-refractivity contribution >= 4 is 57.3 Å². The van der Waals surface area contributed by atoms with Gasteiger partial charge in [0.2, 0.25) is 0 Å². The number of nitrogens with zero attached hydrogens (tertiary/aromatic N) is 3. The summed E-state index contributed by atoms with van der Waals surface area (Å²) in [5, 5.41) is 1.20. The summed E-state index contributed by atoms with van der Waals surface area (Å²) in [5.74, 6) is 0. The van der Waals surface area contributed by atoms with Gasteiger partial charge in [0.05, 0.1) is 28.3 Å². The van der Waals surface area contributed by atoms with Gasteiger partial charge in [0.1, 0.15) is 0 Å². The SMILES string of the molecule is C1=Cc2cc3ccc(cc4nc(cc5ccc(cc1n2)[nH]5)C=C4)[nH]3.[Gd].c1ccc2ncccc2c1. The Morgan fingerprint density at radius 3 is 1.37 bits per heavy atom. The predicted octanol–water partition coefficient (Wildman–Crippen LogP) is 6.89. The number of aromatic nitrogens is 5. The molecule has 0 atom stereocenters. The van der Waals surface area contributed by atoms with E-state index >= 15 is 0 Å². The summed E-state index contributed by atoms with van der Waals surface area (Å²) in [6.07, 6.45) is 9.90. The molecule has 6 heteroatoms. The molecule has 0 radical (unpaired) electrons. The smallest absolute Gasteiger partial charge is 0.0701 e. The Balaban J connectivity index is 0.000000194. The van der Waals surface area contributed by atoms with Crippen molar-refractivity contribution in [1.29, 1.82) is 0 Å². The van der Waals surface area contributed by atoms with Crippen LogP contribution in [-0.2, 0) is 0 Å². The first-order valence-corrected chi connectivity index (χ1v) is 11.1. The van der Waals surface area contributed by atoms with Crippen LogP contribution < -0.4 is 0 Å². The van der Waals surface area contributed by atoms with E-state index in [1.165, 1.54) is 5.39 Å². The van der Waals surface area contributed by atoms with E-state index in [1.807, 2.05) is 79.0 Å². The van der Waals surface area contributed by atoms with Crippen molar-refractivity contribution in [3.63, 3.8) is 0 Å². The zero-order valence-corrected chi connectivity index (χ0v) is 20.9. The second-order valence-electron chi connectivity index (χ2n) is 8.10. The van der Waals surface area contributed by atoms with Crippen molar-refractivity contribution in [1.82, 2.24) is 24.9 Å². The topological polar surface area (TPSA) is 70.2 Å². The number of aromatic amines is 2. The van der Waals surface area contributed by atoms with Gasteiger partial charge in [-0.25, -0.2) is 9.97 Å². The Hall–Kier alpha value is -3.45. The minimum Gasteiger partial charge on any atom is -0.355 e. The normalized spacial score (nSPS) is 11.5. The van der Waals surface area contributed by atoms with E-state index in [0.717, 1.165) is 50.4 Å². The molecule has 8 bridgehead atoms. The molecule has 5 nitrogen and oxygen atoms in total. The zero-order valence-electron chi connectivity index (χ0n) is 18.7. The molecule has 0 amide bonds. The van der Waals surface area contributed by atoms with Crippen molar-refractivity contribution in [2.24, 2.45) is 0 Å². The molecule has 0 aliphatic carbocycles. The number of para-hydroxylation sites is 1. The zero-order chi connectivity index (χ0) is 22.7. The number of H-pyrrole nitrogens is 2. The average Bonchev–Trinajstić information content (AvgIpc) is 3.66. The van der Waals surface area contributed by atoms with Gasteiger partial charge in [-0.2, -0.15) is 0 Å². The van der Waals surface area contributed by atoms with E-state index in [-0.39, 0.29) is 39.9 Å². The van der Waals surface area contributed by atoms with Gasteiger partial charge in [0.25, 0.3) is 0 Å². The van der Waals surface area contributed by atoms with E-state index in [1.54, 1.807) is 0 Å². The summed E-state index contributed by atoms with van der Waals surface area (Å²) < 4.78 is 0. The van der Waals surface area contributed by atoms with Gasteiger partial charge in [-0.15, -0.1) is 0 Å². The van der Waals surface area contributed by atoms with E-state index in [0.29, 0.717) is 0 Å². The van der Waals surface area contributed by atoms with Crippen LogP contribution in [0.15, 0.2) is 91.1 Å².